The number of ether oxygens (including phenoxy) is 1. The quantitative estimate of drug-likeness (QED) is 0.664. The predicted octanol–water partition coefficient (Wildman–Crippen LogP) is 3.96. The highest BCUT2D eigenvalue weighted by Gasteiger charge is 2.16. The number of urea groups is 1. The van der Waals surface area contributed by atoms with Crippen LogP contribution in [-0.2, 0) is 6.42 Å². The van der Waals surface area contributed by atoms with Gasteiger partial charge in [-0.3, -0.25) is 0 Å². The summed E-state index contributed by atoms with van der Waals surface area (Å²) in [5.41, 5.74) is 2.03. The summed E-state index contributed by atoms with van der Waals surface area (Å²) in [5, 5.41) is 16.6. The Morgan fingerprint density at radius 3 is 2.81 bits per heavy atom. The summed E-state index contributed by atoms with van der Waals surface area (Å²) in [4.78, 5) is 16.8. The zero-order valence-electron chi connectivity index (χ0n) is 15.6. The zero-order chi connectivity index (χ0) is 19.4. The predicted molar refractivity (Wildman–Crippen MR) is 103 cm³/mol. The summed E-state index contributed by atoms with van der Waals surface area (Å²) in [6.07, 6.45) is 0.657. The van der Waals surface area contributed by atoms with Gasteiger partial charge < -0.3 is 19.8 Å². The highest BCUT2D eigenvalue weighted by molar-refractivity contribution is 7.09. The molecule has 3 aromatic rings. The number of nitrogens with zero attached hydrogens (tertiary/aromatic N) is 3. The van der Waals surface area contributed by atoms with E-state index in [-0.39, 0.29) is 12.1 Å². The number of carbonyl (C=O) groups is 1. The van der Waals surface area contributed by atoms with Gasteiger partial charge in [-0.15, -0.1) is 21.5 Å². The van der Waals surface area contributed by atoms with Gasteiger partial charge in [0.05, 0.1) is 29.5 Å². The fourth-order valence-electron chi connectivity index (χ4n) is 2.46. The minimum Gasteiger partial charge on any atom is -0.495 e. The van der Waals surface area contributed by atoms with Crippen molar-refractivity contribution in [1.29, 1.82) is 0 Å². The van der Waals surface area contributed by atoms with Gasteiger partial charge in [0.1, 0.15) is 5.75 Å². The largest absolute Gasteiger partial charge is 0.495 e. The van der Waals surface area contributed by atoms with E-state index in [2.05, 4.69) is 25.8 Å². The molecular weight excluding hydrogens is 366 g/mol. The Morgan fingerprint density at radius 2 is 2.19 bits per heavy atom. The molecule has 2 N–H and O–H groups in total. The standard InChI is InChI=1S/C18H21N5O3S/c1-5-16-22-23-17(26-16)12-6-7-15(25-4)13(8-12)21-18(24)19-10(2)14-9-27-11(3)20-14/h6-10H,5H2,1-4H3,(H2,19,21,24)/t10-/m0/s1. The molecule has 0 saturated heterocycles. The molecule has 142 valence electrons. The topological polar surface area (TPSA) is 102 Å². The number of aromatic nitrogens is 3. The molecule has 0 fully saturated rings. The van der Waals surface area contributed by atoms with Gasteiger partial charge in [0.25, 0.3) is 0 Å². The lowest BCUT2D eigenvalue weighted by Gasteiger charge is -2.15. The van der Waals surface area contributed by atoms with Gasteiger partial charge in [-0.25, -0.2) is 9.78 Å². The van der Waals surface area contributed by atoms with Crippen molar-refractivity contribution in [2.45, 2.75) is 33.2 Å². The molecule has 0 aliphatic heterocycles. The average molecular weight is 387 g/mol. The lowest BCUT2D eigenvalue weighted by atomic mass is 10.2. The van der Waals surface area contributed by atoms with E-state index in [9.17, 15) is 4.79 Å². The second-order valence-electron chi connectivity index (χ2n) is 5.88. The van der Waals surface area contributed by atoms with Crippen LogP contribution in [0.25, 0.3) is 11.5 Å². The van der Waals surface area contributed by atoms with Crippen LogP contribution in [0.4, 0.5) is 10.5 Å². The number of hydrogen-bond donors (Lipinski definition) is 2. The van der Waals surface area contributed by atoms with Gasteiger partial charge in [0, 0.05) is 17.4 Å². The second-order valence-corrected chi connectivity index (χ2v) is 6.94. The molecule has 0 aliphatic carbocycles. The summed E-state index contributed by atoms with van der Waals surface area (Å²) in [6.45, 7) is 5.75. The van der Waals surface area contributed by atoms with Crippen molar-refractivity contribution in [3.05, 3.63) is 40.2 Å². The molecule has 27 heavy (non-hydrogen) atoms. The molecule has 2 aromatic heterocycles. The van der Waals surface area contributed by atoms with Gasteiger partial charge in [-0.05, 0) is 32.0 Å². The molecule has 2 heterocycles. The number of carbonyl (C=O) groups excluding carboxylic acids is 1. The third kappa shape index (κ3) is 4.43. The number of anilines is 1. The molecule has 1 atom stereocenters. The summed E-state index contributed by atoms with van der Waals surface area (Å²) in [5.74, 6) is 1.48. The Kier molecular flexibility index (Phi) is 5.70. The molecule has 3 rings (SSSR count). The van der Waals surface area contributed by atoms with Crippen LogP contribution in [-0.4, -0.2) is 28.3 Å². The maximum Gasteiger partial charge on any atom is 0.319 e. The van der Waals surface area contributed by atoms with E-state index in [1.54, 1.807) is 36.6 Å². The summed E-state index contributed by atoms with van der Waals surface area (Å²) in [7, 11) is 1.54. The molecule has 2 amide bonds. The van der Waals surface area contributed by atoms with E-state index in [1.165, 1.54) is 0 Å². The molecule has 0 unspecified atom stereocenters. The fourth-order valence-corrected chi connectivity index (χ4v) is 3.17. The first-order chi connectivity index (χ1) is 13.0. The number of nitrogens with one attached hydrogen (secondary N) is 2. The van der Waals surface area contributed by atoms with Crippen molar-refractivity contribution >= 4 is 23.1 Å². The first kappa shape index (κ1) is 18.8. The van der Waals surface area contributed by atoms with Crippen molar-refractivity contribution in [2.75, 3.05) is 12.4 Å². The highest BCUT2D eigenvalue weighted by atomic mass is 32.1. The number of amides is 2. The van der Waals surface area contributed by atoms with Crippen LogP contribution in [0.2, 0.25) is 0 Å². The highest BCUT2D eigenvalue weighted by Crippen LogP contribution is 2.30. The molecular formula is C18H21N5O3S. The molecule has 0 saturated carbocycles. The number of thiazole rings is 1. The van der Waals surface area contributed by atoms with Crippen molar-refractivity contribution in [1.82, 2.24) is 20.5 Å². The number of benzene rings is 1. The molecule has 9 heteroatoms. The van der Waals surface area contributed by atoms with E-state index in [0.717, 1.165) is 10.7 Å². The van der Waals surface area contributed by atoms with Crippen molar-refractivity contribution < 1.29 is 13.9 Å². The number of hydrogen-bond acceptors (Lipinski definition) is 7. The average Bonchev–Trinajstić information content (AvgIpc) is 3.30. The Bertz CT molecular complexity index is 937. The van der Waals surface area contributed by atoms with Crippen LogP contribution in [0, 0.1) is 6.92 Å². The van der Waals surface area contributed by atoms with Crippen LogP contribution < -0.4 is 15.4 Å². The van der Waals surface area contributed by atoms with Crippen LogP contribution in [0.15, 0.2) is 28.0 Å². The first-order valence-electron chi connectivity index (χ1n) is 8.50. The minimum absolute atomic E-state index is 0.216. The van der Waals surface area contributed by atoms with Crippen LogP contribution in [0.5, 0.6) is 5.75 Å². The maximum atomic E-state index is 12.4. The number of rotatable bonds is 6. The summed E-state index contributed by atoms with van der Waals surface area (Å²) < 4.78 is 10.9. The van der Waals surface area contributed by atoms with Gasteiger partial charge in [-0.1, -0.05) is 6.92 Å². The normalized spacial score (nSPS) is 11.9. The number of methoxy groups -OCH3 is 1. The maximum absolute atomic E-state index is 12.4. The van der Waals surface area contributed by atoms with Gasteiger partial charge in [-0.2, -0.15) is 0 Å². The zero-order valence-corrected chi connectivity index (χ0v) is 16.4. The summed E-state index contributed by atoms with van der Waals surface area (Å²) >= 11 is 1.55. The van der Waals surface area contributed by atoms with E-state index in [1.807, 2.05) is 26.2 Å². The number of aryl methyl sites for hydroxylation is 2. The SMILES string of the molecule is CCc1nnc(-c2ccc(OC)c(NC(=O)N[C@@H](C)c3csc(C)n3)c2)o1. The molecule has 1 aromatic carbocycles. The fraction of sp³-hybridized carbons (Fsp3) is 0.333. The monoisotopic (exact) mass is 387 g/mol. The van der Waals surface area contributed by atoms with E-state index >= 15 is 0 Å². The smallest absolute Gasteiger partial charge is 0.319 e. The first-order valence-corrected chi connectivity index (χ1v) is 9.38. The van der Waals surface area contributed by atoms with Crippen molar-refractivity contribution in [2.24, 2.45) is 0 Å². The third-order valence-electron chi connectivity index (χ3n) is 3.89. The molecule has 0 spiro atoms. The van der Waals surface area contributed by atoms with Crippen LogP contribution >= 0.6 is 11.3 Å². The second kappa shape index (κ2) is 8.17. The Morgan fingerprint density at radius 1 is 1.37 bits per heavy atom. The Labute approximate surface area is 161 Å². The van der Waals surface area contributed by atoms with Crippen molar-refractivity contribution in [3.63, 3.8) is 0 Å². The van der Waals surface area contributed by atoms with Gasteiger partial charge in [0.2, 0.25) is 11.8 Å². The Hall–Kier alpha value is -2.94. The lowest BCUT2D eigenvalue weighted by molar-refractivity contribution is 0.249. The molecule has 8 nitrogen and oxygen atoms in total. The van der Waals surface area contributed by atoms with Crippen LogP contribution in [0.1, 0.15) is 36.5 Å². The van der Waals surface area contributed by atoms with Crippen LogP contribution in [0.3, 0.4) is 0 Å². The van der Waals surface area contributed by atoms with Gasteiger partial charge in [0.15, 0.2) is 0 Å². The van der Waals surface area contributed by atoms with E-state index in [0.29, 0.717) is 35.2 Å². The molecule has 0 aliphatic rings. The third-order valence-corrected chi connectivity index (χ3v) is 4.68. The summed E-state index contributed by atoms with van der Waals surface area (Å²) in [6, 6.07) is 4.71. The molecule has 0 bridgehead atoms. The van der Waals surface area contributed by atoms with E-state index < -0.39 is 0 Å². The minimum atomic E-state index is -0.358. The van der Waals surface area contributed by atoms with Crippen molar-refractivity contribution in [3.8, 4) is 17.2 Å². The lowest BCUT2D eigenvalue weighted by Crippen LogP contribution is -2.31. The molecule has 0 radical (unpaired) electrons. The Balaban J connectivity index is 1.76. The van der Waals surface area contributed by atoms with Gasteiger partial charge >= 0.3 is 6.03 Å². The van der Waals surface area contributed by atoms with E-state index in [4.69, 9.17) is 9.15 Å².